The first kappa shape index (κ1) is 39.7. The summed E-state index contributed by atoms with van der Waals surface area (Å²) in [5.41, 5.74) is 1.52. The number of sulfonamides is 1. The maximum absolute atomic E-state index is 15.0. The van der Waals surface area contributed by atoms with Crippen molar-refractivity contribution in [1.29, 1.82) is 0 Å². The zero-order chi connectivity index (χ0) is 41.1. The smallest absolute Gasteiger partial charge is 0.318 e. The fourth-order valence-corrected chi connectivity index (χ4v) is 11.6. The average Bonchev–Trinajstić information content (AvgIpc) is 3.90. The third kappa shape index (κ3) is 7.66. The fourth-order valence-electron chi connectivity index (χ4n) is 10.2. The van der Waals surface area contributed by atoms with Crippen LogP contribution in [-0.2, 0) is 33.9 Å². The van der Waals surface area contributed by atoms with Crippen molar-refractivity contribution in [3.8, 4) is 0 Å². The van der Waals surface area contributed by atoms with E-state index < -0.39 is 56.7 Å². The van der Waals surface area contributed by atoms with Crippen LogP contribution in [0.3, 0.4) is 0 Å². The quantitative estimate of drug-likeness (QED) is 0.348. The maximum atomic E-state index is 15.0. The molecule has 5 aliphatic heterocycles. The minimum atomic E-state index is -3.90. The van der Waals surface area contributed by atoms with Gasteiger partial charge < -0.3 is 34.8 Å². The largest absolute Gasteiger partial charge is 0.474 e. The van der Waals surface area contributed by atoms with Gasteiger partial charge >= 0.3 is 6.03 Å². The number of fused-ring (bicyclic) bond motifs is 6. The number of aliphatic imine (C=N–C) groups is 1. The minimum absolute atomic E-state index is 0.0253. The first-order valence-electron chi connectivity index (χ1n) is 21.3. The van der Waals surface area contributed by atoms with Gasteiger partial charge in [-0.15, -0.1) is 6.58 Å². The highest BCUT2D eigenvalue weighted by Gasteiger charge is 2.62. The number of benzene rings is 1. The number of carbonyl (C=O) groups excluding carboxylic acids is 4. The molecule has 4 bridgehead atoms. The van der Waals surface area contributed by atoms with Gasteiger partial charge in [-0.05, 0) is 74.8 Å². The zero-order valence-electron chi connectivity index (χ0n) is 33.6. The molecule has 1 aromatic carbocycles. The molecule has 9 rings (SSSR count). The molecule has 5 heterocycles. The number of carbonyl (C=O) groups is 4. The maximum Gasteiger partial charge on any atom is 0.318 e. The van der Waals surface area contributed by atoms with Crippen LogP contribution in [0.15, 0.2) is 65.8 Å². The molecule has 16 heteroatoms. The Balaban J connectivity index is 1.05. The Bertz CT molecular complexity index is 2100. The van der Waals surface area contributed by atoms with E-state index in [4.69, 9.17) is 14.5 Å². The molecule has 0 spiro atoms. The Hall–Kier alpha value is -4.70. The standard InChI is InChI=1S/C43H55N7O8S/c1-3-29-21-43(29,41(53)47-59(55,56)31-14-15-31)46-38(51)34-20-30-24-50(34)40(52)36(28-10-4-5-11-28)45-42(54)49-18-16-27(23-49)25-57-19-9-8-17-48-22-26(2)35-32-12-6-7-13-33(32)44-39(58-30)37(35)48/h3,6-9,12-13,22,27-31,34-37H,1,4-5,10-11,14-21,23-25H2,2H3,(H,45,54)(H,46,51)(H,47,53)/b9-8+/t27-,29?,30+,34-,35?,36-,37?,43+/m0/s1. The van der Waals surface area contributed by atoms with Crippen LogP contribution in [0.1, 0.15) is 76.2 Å². The van der Waals surface area contributed by atoms with Gasteiger partial charge in [-0.1, -0.05) is 49.3 Å². The van der Waals surface area contributed by atoms with Gasteiger partial charge in [0.15, 0.2) is 0 Å². The van der Waals surface area contributed by atoms with Gasteiger partial charge in [0.1, 0.15) is 29.8 Å². The lowest BCUT2D eigenvalue weighted by Crippen LogP contribution is -2.59. The number of amides is 5. The average molecular weight is 830 g/mol. The van der Waals surface area contributed by atoms with E-state index in [0.29, 0.717) is 51.6 Å². The van der Waals surface area contributed by atoms with Gasteiger partial charge in [-0.25, -0.2) is 18.2 Å². The van der Waals surface area contributed by atoms with Crippen molar-refractivity contribution >= 4 is 45.4 Å². The van der Waals surface area contributed by atoms with Gasteiger partial charge in [0.25, 0.3) is 5.91 Å². The Morgan fingerprint density at radius 2 is 1.86 bits per heavy atom. The van der Waals surface area contributed by atoms with Crippen LogP contribution in [-0.4, -0.2) is 127 Å². The Labute approximate surface area is 345 Å². The summed E-state index contributed by atoms with van der Waals surface area (Å²) >= 11 is 0. The molecule has 15 nitrogen and oxygen atoms in total. The highest BCUT2D eigenvalue weighted by atomic mass is 32.2. The second kappa shape index (κ2) is 15.7. The van der Waals surface area contributed by atoms with Crippen molar-refractivity contribution in [2.75, 3.05) is 39.4 Å². The monoisotopic (exact) mass is 829 g/mol. The molecule has 8 aliphatic rings. The minimum Gasteiger partial charge on any atom is -0.474 e. The number of hydrogen-bond donors (Lipinski definition) is 3. The van der Waals surface area contributed by atoms with E-state index >= 15 is 4.79 Å². The highest BCUT2D eigenvalue weighted by Crippen LogP contribution is 2.47. The third-order valence-electron chi connectivity index (χ3n) is 13.7. The molecule has 5 amide bonds. The van der Waals surface area contributed by atoms with Crippen molar-refractivity contribution in [2.24, 2.45) is 22.7 Å². The Kier molecular flexibility index (Phi) is 10.6. The number of para-hydroxylation sites is 1. The molecule has 3 aliphatic carbocycles. The van der Waals surface area contributed by atoms with Gasteiger partial charge in [0.2, 0.25) is 27.7 Å². The highest BCUT2D eigenvalue weighted by molar-refractivity contribution is 7.91. The third-order valence-corrected chi connectivity index (χ3v) is 15.5. The summed E-state index contributed by atoms with van der Waals surface area (Å²) in [6.45, 7) is 8.60. The topological polar surface area (TPSA) is 179 Å². The van der Waals surface area contributed by atoms with E-state index in [-0.39, 0.29) is 55.1 Å². The van der Waals surface area contributed by atoms with Crippen LogP contribution in [0.4, 0.5) is 10.5 Å². The molecule has 3 unspecified atom stereocenters. The molecule has 3 saturated carbocycles. The van der Waals surface area contributed by atoms with Crippen LogP contribution in [0.2, 0.25) is 0 Å². The van der Waals surface area contributed by atoms with Gasteiger partial charge in [0.05, 0.1) is 30.7 Å². The number of nitrogens with zero attached hydrogens (tertiary/aromatic N) is 4. The molecule has 2 saturated heterocycles. The fraction of sp³-hybridized carbons (Fsp3) is 0.605. The number of urea groups is 1. The lowest BCUT2D eigenvalue weighted by Gasteiger charge is -2.35. The van der Waals surface area contributed by atoms with Crippen LogP contribution in [0.5, 0.6) is 0 Å². The second-order valence-corrected chi connectivity index (χ2v) is 19.7. The molecule has 8 atom stereocenters. The van der Waals surface area contributed by atoms with Gasteiger partial charge in [-0.3, -0.25) is 19.1 Å². The normalized spacial score (nSPS) is 34.1. The number of ether oxygens (including phenoxy) is 2. The summed E-state index contributed by atoms with van der Waals surface area (Å²) in [6.07, 6.45) is 12.5. The molecular formula is C43H55N7O8S. The van der Waals surface area contributed by atoms with Crippen molar-refractivity contribution in [2.45, 2.75) is 106 Å². The first-order valence-corrected chi connectivity index (χ1v) is 22.9. The molecule has 5 fully saturated rings. The van der Waals surface area contributed by atoms with E-state index in [0.717, 1.165) is 48.9 Å². The zero-order valence-corrected chi connectivity index (χ0v) is 34.4. The summed E-state index contributed by atoms with van der Waals surface area (Å²) in [4.78, 5) is 67.8. The van der Waals surface area contributed by atoms with E-state index in [1.54, 1.807) is 11.0 Å². The summed E-state index contributed by atoms with van der Waals surface area (Å²) in [5.74, 6) is -1.77. The van der Waals surface area contributed by atoms with Crippen molar-refractivity contribution in [1.82, 2.24) is 30.1 Å². The van der Waals surface area contributed by atoms with Crippen LogP contribution < -0.4 is 15.4 Å². The molecule has 0 radical (unpaired) electrons. The van der Waals surface area contributed by atoms with E-state index in [1.807, 2.05) is 24.3 Å². The second-order valence-electron chi connectivity index (χ2n) is 17.7. The summed E-state index contributed by atoms with van der Waals surface area (Å²) < 4.78 is 40.9. The van der Waals surface area contributed by atoms with E-state index in [9.17, 15) is 22.8 Å². The van der Waals surface area contributed by atoms with Crippen molar-refractivity contribution < 1.29 is 37.1 Å². The lowest BCUT2D eigenvalue weighted by molar-refractivity contribution is -0.142. The predicted molar refractivity (Wildman–Crippen MR) is 219 cm³/mol. The Morgan fingerprint density at radius 1 is 1.07 bits per heavy atom. The summed E-state index contributed by atoms with van der Waals surface area (Å²) in [7, 11) is -3.90. The lowest BCUT2D eigenvalue weighted by atomic mass is 9.85. The summed E-state index contributed by atoms with van der Waals surface area (Å²) in [5, 5.41) is 5.38. The molecule has 316 valence electrons. The van der Waals surface area contributed by atoms with Crippen LogP contribution in [0.25, 0.3) is 0 Å². The van der Waals surface area contributed by atoms with E-state index in [1.165, 1.54) is 4.90 Å². The van der Waals surface area contributed by atoms with Crippen molar-refractivity contribution in [3.63, 3.8) is 0 Å². The number of nitrogens with one attached hydrogen (secondary N) is 3. The molecule has 3 N–H and O–H groups in total. The number of hydrogen-bond acceptors (Lipinski definition) is 10. The van der Waals surface area contributed by atoms with E-state index in [2.05, 4.69) is 52.1 Å². The molecule has 59 heavy (non-hydrogen) atoms. The van der Waals surface area contributed by atoms with Gasteiger partial charge in [-0.2, -0.15) is 0 Å². The molecule has 1 aromatic rings. The first-order chi connectivity index (χ1) is 28.5. The Morgan fingerprint density at radius 3 is 2.63 bits per heavy atom. The predicted octanol–water partition coefficient (Wildman–Crippen LogP) is 3.23. The molecular weight excluding hydrogens is 775 g/mol. The summed E-state index contributed by atoms with van der Waals surface area (Å²) in [6, 6.07) is 5.46. The van der Waals surface area contributed by atoms with Crippen molar-refractivity contribution in [3.05, 3.63) is 66.4 Å². The molecule has 0 aromatic heterocycles. The van der Waals surface area contributed by atoms with Gasteiger partial charge in [0, 0.05) is 43.8 Å². The number of rotatable bonds is 7. The van der Waals surface area contributed by atoms with Crippen LogP contribution in [0, 0.1) is 17.8 Å². The van der Waals surface area contributed by atoms with Crippen LogP contribution >= 0.6 is 0 Å². The SMILES string of the molecule is C=CC1C[C@]1(NC(=O)[C@@H]1C[C@@H]2CN1C(=O)[C@H](C1CCCC1)NC(=O)N1CC[C@H](COC/C=C/CN3C=C(C)C4c5ccccc5N=C(O2)C43)C1)C(=O)NS(=O)(=O)C1CC1.